The minimum atomic E-state index is -0.653. The number of hydrogen-bond donors (Lipinski definition) is 0. The molecule has 0 bridgehead atoms. The maximum atomic E-state index is 13.3. The molecule has 172 valence electrons. The fraction of sp³-hybridized carbons (Fsp3) is 0.308. The van der Waals surface area contributed by atoms with Crippen LogP contribution in [0.2, 0.25) is 0 Å². The molecule has 0 fully saturated rings. The molecule has 0 aliphatic rings. The summed E-state index contributed by atoms with van der Waals surface area (Å²) in [6, 6.07) is 17.3. The van der Waals surface area contributed by atoms with Crippen LogP contribution in [0.1, 0.15) is 20.8 Å². The summed E-state index contributed by atoms with van der Waals surface area (Å²) in [4.78, 5) is 18.0. The van der Waals surface area contributed by atoms with Crippen LogP contribution in [0.25, 0.3) is 33.1 Å². The van der Waals surface area contributed by atoms with Crippen LogP contribution < -0.4 is 9.47 Å². The van der Waals surface area contributed by atoms with Gasteiger partial charge in [-0.25, -0.2) is 14.3 Å². The summed E-state index contributed by atoms with van der Waals surface area (Å²) in [5, 5.41) is 1.78. The Labute approximate surface area is 192 Å². The zero-order chi connectivity index (χ0) is 23.6. The Morgan fingerprint density at radius 3 is 2.48 bits per heavy atom. The lowest BCUT2D eigenvalue weighted by atomic mass is 10.1. The molecule has 0 atom stereocenters. The van der Waals surface area contributed by atoms with Gasteiger partial charge in [0, 0.05) is 17.9 Å². The van der Waals surface area contributed by atoms with Crippen LogP contribution in [0.5, 0.6) is 11.6 Å². The first-order valence-electron chi connectivity index (χ1n) is 10.8. The number of methoxy groups -OCH3 is 2. The van der Waals surface area contributed by atoms with Crippen molar-refractivity contribution < 1.29 is 23.7 Å². The molecule has 0 unspecified atom stereocenters. The van der Waals surface area contributed by atoms with Gasteiger partial charge in [0.15, 0.2) is 0 Å². The highest BCUT2D eigenvalue weighted by atomic mass is 16.6. The van der Waals surface area contributed by atoms with Crippen LogP contribution in [0.3, 0.4) is 0 Å². The third-order valence-electron chi connectivity index (χ3n) is 5.06. The van der Waals surface area contributed by atoms with Crippen LogP contribution in [-0.2, 0) is 9.47 Å². The molecule has 7 nitrogen and oxygen atoms in total. The largest absolute Gasteiger partial charge is 0.491 e. The first-order chi connectivity index (χ1) is 15.8. The van der Waals surface area contributed by atoms with Gasteiger partial charge in [0.25, 0.3) is 0 Å². The topological polar surface area (TPSA) is 71.8 Å². The van der Waals surface area contributed by atoms with Crippen molar-refractivity contribution in [3.8, 4) is 22.9 Å². The predicted octanol–water partition coefficient (Wildman–Crippen LogP) is 5.67. The van der Waals surface area contributed by atoms with Crippen molar-refractivity contribution in [1.82, 2.24) is 9.55 Å². The lowest BCUT2D eigenvalue weighted by Gasteiger charge is -2.21. The summed E-state index contributed by atoms with van der Waals surface area (Å²) >= 11 is 0. The summed E-state index contributed by atoms with van der Waals surface area (Å²) < 4.78 is 23.7. The highest BCUT2D eigenvalue weighted by molar-refractivity contribution is 5.98. The SMILES string of the molecule is COCCOc1ccc2c(c1)cc(-c1cc3ccccc3nc1OC)n2C(=O)OC(C)(C)C. The maximum absolute atomic E-state index is 13.3. The molecule has 4 rings (SSSR count). The molecule has 2 aromatic carbocycles. The minimum absolute atomic E-state index is 0.429. The summed E-state index contributed by atoms with van der Waals surface area (Å²) in [5.74, 6) is 1.12. The Balaban J connectivity index is 1.91. The zero-order valence-corrected chi connectivity index (χ0v) is 19.5. The van der Waals surface area contributed by atoms with Gasteiger partial charge < -0.3 is 18.9 Å². The maximum Gasteiger partial charge on any atom is 0.419 e. The molecular weight excluding hydrogens is 420 g/mol. The van der Waals surface area contributed by atoms with Gasteiger partial charge in [0.2, 0.25) is 5.88 Å². The van der Waals surface area contributed by atoms with E-state index in [1.54, 1.807) is 18.8 Å². The molecule has 0 aliphatic carbocycles. The van der Waals surface area contributed by atoms with Crippen LogP contribution >= 0.6 is 0 Å². The highest BCUT2D eigenvalue weighted by Crippen LogP contribution is 2.37. The van der Waals surface area contributed by atoms with Crippen LogP contribution in [-0.4, -0.2) is 48.7 Å². The monoisotopic (exact) mass is 448 g/mol. The molecule has 33 heavy (non-hydrogen) atoms. The summed E-state index contributed by atoms with van der Waals surface area (Å²) in [5.41, 5.74) is 2.18. The van der Waals surface area contributed by atoms with Gasteiger partial charge in [0.05, 0.1) is 36.0 Å². The molecule has 0 saturated heterocycles. The smallest absolute Gasteiger partial charge is 0.419 e. The van der Waals surface area contributed by atoms with E-state index in [1.807, 2.05) is 75.4 Å². The molecule has 0 spiro atoms. The van der Waals surface area contributed by atoms with Crippen molar-refractivity contribution in [3.63, 3.8) is 0 Å². The van der Waals surface area contributed by atoms with Crippen molar-refractivity contribution in [3.05, 3.63) is 54.6 Å². The molecular formula is C26H28N2O5. The van der Waals surface area contributed by atoms with E-state index in [-0.39, 0.29) is 0 Å². The summed E-state index contributed by atoms with van der Waals surface area (Å²) in [6.45, 7) is 6.45. The Bertz CT molecular complexity index is 1300. The van der Waals surface area contributed by atoms with Gasteiger partial charge >= 0.3 is 6.09 Å². The Kier molecular flexibility index (Phi) is 6.24. The number of hydrogen-bond acceptors (Lipinski definition) is 6. The lowest BCUT2D eigenvalue weighted by molar-refractivity contribution is 0.0547. The average molecular weight is 449 g/mol. The van der Waals surface area contributed by atoms with Crippen molar-refractivity contribution in [2.24, 2.45) is 0 Å². The number of para-hydroxylation sites is 1. The third kappa shape index (κ3) is 4.78. The molecule has 2 aromatic heterocycles. The van der Waals surface area contributed by atoms with E-state index in [1.165, 1.54) is 0 Å². The molecule has 0 aliphatic heterocycles. The number of fused-ring (bicyclic) bond motifs is 2. The van der Waals surface area contributed by atoms with E-state index < -0.39 is 11.7 Å². The molecule has 0 saturated carbocycles. The second-order valence-electron chi connectivity index (χ2n) is 8.65. The summed E-state index contributed by atoms with van der Waals surface area (Å²) in [6.07, 6.45) is -0.476. The van der Waals surface area contributed by atoms with E-state index in [0.29, 0.717) is 41.6 Å². The molecule has 0 amide bonds. The van der Waals surface area contributed by atoms with Crippen molar-refractivity contribution >= 4 is 27.9 Å². The number of carbonyl (C=O) groups excluding carboxylic acids is 1. The first kappa shape index (κ1) is 22.6. The molecule has 0 radical (unpaired) electrons. The van der Waals surface area contributed by atoms with Crippen LogP contribution in [0, 0.1) is 0 Å². The standard InChI is InChI=1S/C26H28N2O5/c1-26(2,3)33-25(29)28-22-11-10-19(32-13-12-30-4)14-18(22)16-23(28)20-15-17-8-6-7-9-21(17)27-24(20)31-5/h6-11,14-16H,12-13H2,1-5H3. The number of rotatable bonds is 6. The van der Waals surface area contributed by atoms with Crippen molar-refractivity contribution in [1.29, 1.82) is 0 Å². The number of benzene rings is 2. The van der Waals surface area contributed by atoms with Crippen LogP contribution in [0.4, 0.5) is 4.79 Å². The van der Waals surface area contributed by atoms with Gasteiger partial charge in [-0.1, -0.05) is 18.2 Å². The van der Waals surface area contributed by atoms with Crippen molar-refractivity contribution in [2.75, 3.05) is 27.4 Å². The van der Waals surface area contributed by atoms with Gasteiger partial charge in [-0.05, 0) is 57.2 Å². The number of ether oxygens (including phenoxy) is 4. The normalized spacial score (nSPS) is 11.7. The second-order valence-corrected chi connectivity index (χ2v) is 8.65. The average Bonchev–Trinajstić information content (AvgIpc) is 3.16. The van der Waals surface area contributed by atoms with E-state index in [9.17, 15) is 4.79 Å². The van der Waals surface area contributed by atoms with Crippen LogP contribution in [0.15, 0.2) is 54.6 Å². The zero-order valence-electron chi connectivity index (χ0n) is 19.5. The van der Waals surface area contributed by atoms with Gasteiger partial charge in [-0.15, -0.1) is 0 Å². The molecule has 7 heteroatoms. The van der Waals surface area contributed by atoms with E-state index in [0.717, 1.165) is 16.3 Å². The fourth-order valence-electron chi connectivity index (χ4n) is 3.67. The number of carbonyl (C=O) groups is 1. The molecule has 2 heterocycles. The van der Waals surface area contributed by atoms with Crippen molar-refractivity contribution in [2.45, 2.75) is 26.4 Å². The van der Waals surface area contributed by atoms with Gasteiger partial charge in [-0.2, -0.15) is 0 Å². The molecule has 4 aromatic rings. The Hall–Kier alpha value is -3.58. The number of nitrogens with zero attached hydrogens (tertiary/aromatic N) is 2. The van der Waals surface area contributed by atoms with Gasteiger partial charge in [-0.3, -0.25) is 0 Å². The summed E-state index contributed by atoms with van der Waals surface area (Å²) in [7, 11) is 3.20. The Morgan fingerprint density at radius 2 is 1.76 bits per heavy atom. The Morgan fingerprint density at radius 1 is 0.970 bits per heavy atom. The number of pyridine rings is 1. The third-order valence-corrected chi connectivity index (χ3v) is 5.06. The minimum Gasteiger partial charge on any atom is -0.491 e. The quantitative estimate of drug-likeness (QED) is 0.354. The predicted molar refractivity (Wildman–Crippen MR) is 128 cm³/mol. The second kappa shape index (κ2) is 9.11. The van der Waals surface area contributed by atoms with E-state index >= 15 is 0 Å². The fourth-order valence-corrected chi connectivity index (χ4v) is 3.67. The van der Waals surface area contributed by atoms with Gasteiger partial charge in [0.1, 0.15) is 18.0 Å². The number of aromatic nitrogens is 2. The first-order valence-corrected chi connectivity index (χ1v) is 10.8. The van der Waals surface area contributed by atoms with E-state index in [2.05, 4.69) is 4.98 Å². The van der Waals surface area contributed by atoms with E-state index in [4.69, 9.17) is 18.9 Å². The lowest BCUT2D eigenvalue weighted by Crippen LogP contribution is -2.27. The molecule has 0 N–H and O–H groups in total. The highest BCUT2D eigenvalue weighted by Gasteiger charge is 2.25.